The van der Waals surface area contributed by atoms with Gasteiger partial charge in [0.05, 0.1) is 0 Å². The van der Waals surface area contributed by atoms with Crippen LogP contribution in [0.2, 0.25) is 0 Å². The first kappa shape index (κ1) is 17.0. The van der Waals surface area contributed by atoms with Crippen molar-refractivity contribution in [3.05, 3.63) is 0 Å². The van der Waals surface area contributed by atoms with Crippen molar-refractivity contribution in [2.24, 2.45) is 11.8 Å². The van der Waals surface area contributed by atoms with E-state index >= 15 is 0 Å². The molecule has 3 fully saturated rings. The maximum absolute atomic E-state index is 12.3. The monoisotopic (exact) mass is 323 g/mol. The Morgan fingerprint density at radius 2 is 1.83 bits per heavy atom. The highest BCUT2D eigenvalue weighted by Crippen LogP contribution is 2.27. The summed E-state index contributed by atoms with van der Waals surface area (Å²) in [7, 11) is 0. The van der Waals surface area contributed by atoms with Gasteiger partial charge >= 0.3 is 6.03 Å². The lowest BCUT2D eigenvalue weighted by Gasteiger charge is -2.31. The third-order valence-corrected chi connectivity index (χ3v) is 6.04. The second-order valence-electron chi connectivity index (χ2n) is 7.76. The van der Waals surface area contributed by atoms with E-state index in [2.05, 4.69) is 10.2 Å². The lowest BCUT2D eigenvalue weighted by Crippen LogP contribution is -2.46. The highest BCUT2D eigenvalue weighted by molar-refractivity contribution is 5.74. The normalized spacial score (nSPS) is 30.0. The molecule has 0 aromatic rings. The van der Waals surface area contributed by atoms with Gasteiger partial charge < -0.3 is 15.3 Å². The molecule has 3 rings (SSSR count). The summed E-state index contributed by atoms with van der Waals surface area (Å²) in [5, 5.41) is 12.3. The summed E-state index contributed by atoms with van der Waals surface area (Å²) < 4.78 is 0. The van der Waals surface area contributed by atoms with Gasteiger partial charge in [-0.15, -0.1) is 0 Å². The van der Waals surface area contributed by atoms with E-state index in [1.54, 1.807) is 0 Å². The Labute approximate surface area is 140 Å². The van der Waals surface area contributed by atoms with Gasteiger partial charge in [-0.25, -0.2) is 4.79 Å². The molecule has 132 valence electrons. The molecule has 1 saturated carbocycles. The first-order chi connectivity index (χ1) is 11.3. The maximum atomic E-state index is 12.3. The Morgan fingerprint density at radius 3 is 2.57 bits per heavy atom. The van der Waals surface area contributed by atoms with Crippen molar-refractivity contribution in [2.75, 3.05) is 39.3 Å². The van der Waals surface area contributed by atoms with Gasteiger partial charge in [-0.05, 0) is 44.6 Å². The highest BCUT2D eigenvalue weighted by Gasteiger charge is 2.29. The number of nitrogens with zero attached hydrogens (tertiary/aromatic N) is 2. The number of amides is 2. The second-order valence-corrected chi connectivity index (χ2v) is 7.76. The van der Waals surface area contributed by atoms with Gasteiger partial charge in [0.1, 0.15) is 0 Å². The molecule has 23 heavy (non-hydrogen) atoms. The van der Waals surface area contributed by atoms with Crippen molar-refractivity contribution in [3.63, 3.8) is 0 Å². The van der Waals surface area contributed by atoms with Crippen LogP contribution in [0.1, 0.15) is 51.4 Å². The average Bonchev–Trinajstić information content (AvgIpc) is 3.23. The third-order valence-electron chi connectivity index (χ3n) is 6.04. The van der Waals surface area contributed by atoms with Gasteiger partial charge in [0.25, 0.3) is 0 Å². The zero-order chi connectivity index (χ0) is 16.1. The van der Waals surface area contributed by atoms with Crippen LogP contribution in [0.3, 0.4) is 0 Å². The van der Waals surface area contributed by atoms with E-state index in [9.17, 15) is 9.90 Å². The molecule has 2 N–H and O–H groups in total. The number of urea groups is 1. The number of hydrogen-bond acceptors (Lipinski definition) is 3. The third kappa shape index (κ3) is 4.60. The fourth-order valence-corrected chi connectivity index (χ4v) is 4.55. The van der Waals surface area contributed by atoms with E-state index < -0.39 is 0 Å². The molecule has 0 radical (unpaired) electrons. The standard InChI is InChI=1S/C18H33N3O2/c22-14-16-8-10-21(13-16)18(23)19-11-17-7-4-9-20(17)12-15-5-2-1-3-6-15/h15-17,22H,1-14H2,(H,19,23). The Bertz CT molecular complexity index is 384. The van der Waals surface area contributed by atoms with Crippen LogP contribution in [-0.4, -0.2) is 66.3 Å². The van der Waals surface area contributed by atoms with Gasteiger partial charge in [0.2, 0.25) is 0 Å². The Balaban J connectivity index is 1.40. The van der Waals surface area contributed by atoms with Crippen LogP contribution in [0.4, 0.5) is 4.79 Å². The van der Waals surface area contributed by atoms with Gasteiger partial charge in [0.15, 0.2) is 0 Å². The Hall–Kier alpha value is -0.810. The lowest BCUT2D eigenvalue weighted by molar-refractivity contribution is 0.175. The molecule has 2 aliphatic heterocycles. The minimum atomic E-state index is 0.0606. The number of likely N-dealkylation sites (tertiary alicyclic amines) is 2. The smallest absolute Gasteiger partial charge is 0.317 e. The van der Waals surface area contributed by atoms with Crippen LogP contribution in [0, 0.1) is 11.8 Å². The summed E-state index contributed by atoms with van der Waals surface area (Å²) in [6.07, 6.45) is 10.4. The molecule has 2 amide bonds. The first-order valence-corrected chi connectivity index (χ1v) is 9.64. The molecule has 1 aliphatic carbocycles. The lowest BCUT2D eigenvalue weighted by atomic mass is 9.89. The highest BCUT2D eigenvalue weighted by atomic mass is 16.3. The fraction of sp³-hybridized carbons (Fsp3) is 0.944. The summed E-state index contributed by atoms with van der Waals surface area (Å²) >= 11 is 0. The van der Waals surface area contributed by atoms with Crippen molar-refractivity contribution < 1.29 is 9.90 Å². The largest absolute Gasteiger partial charge is 0.396 e. The predicted molar refractivity (Wildman–Crippen MR) is 91.3 cm³/mol. The molecule has 2 heterocycles. The van der Waals surface area contributed by atoms with Crippen LogP contribution in [0.15, 0.2) is 0 Å². The van der Waals surface area contributed by atoms with Gasteiger partial charge in [-0.3, -0.25) is 4.90 Å². The second kappa shape index (κ2) is 8.34. The summed E-state index contributed by atoms with van der Waals surface area (Å²) in [4.78, 5) is 16.8. The molecule has 0 aromatic carbocycles. The van der Waals surface area contributed by atoms with Gasteiger partial charge in [0, 0.05) is 44.7 Å². The molecule has 2 saturated heterocycles. The minimum absolute atomic E-state index is 0.0606. The topological polar surface area (TPSA) is 55.8 Å². The van der Waals surface area contributed by atoms with Gasteiger partial charge in [-0.1, -0.05) is 19.3 Å². The SMILES string of the molecule is O=C(NCC1CCCN1CC1CCCCC1)N1CCC(CO)C1. The van der Waals surface area contributed by atoms with Crippen LogP contribution in [0.5, 0.6) is 0 Å². The molecule has 2 unspecified atom stereocenters. The summed E-state index contributed by atoms with van der Waals surface area (Å²) in [5.74, 6) is 1.15. The van der Waals surface area contributed by atoms with Crippen molar-refractivity contribution in [1.82, 2.24) is 15.1 Å². The Kier molecular flexibility index (Phi) is 6.17. The molecule has 0 aromatic heterocycles. The minimum Gasteiger partial charge on any atom is -0.396 e. The molecular formula is C18H33N3O2. The van der Waals surface area contributed by atoms with E-state index in [0.29, 0.717) is 12.6 Å². The first-order valence-electron chi connectivity index (χ1n) is 9.64. The number of aliphatic hydroxyl groups excluding tert-OH is 1. The molecule has 0 spiro atoms. The number of nitrogens with one attached hydrogen (secondary N) is 1. The maximum Gasteiger partial charge on any atom is 0.317 e. The van der Waals surface area contributed by atoms with Crippen molar-refractivity contribution in [1.29, 1.82) is 0 Å². The quantitative estimate of drug-likeness (QED) is 0.814. The molecule has 3 aliphatic rings. The van der Waals surface area contributed by atoms with Crippen molar-refractivity contribution in [3.8, 4) is 0 Å². The Morgan fingerprint density at radius 1 is 1.00 bits per heavy atom. The zero-order valence-corrected chi connectivity index (χ0v) is 14.4. The van der Waals surface area contributed by atoms with E-state index in [1.807, 2.05) is 4.90 Å². The predicted octanol–water partition coefficient (Wildman–Crippen LogP) is 2.05. The number of carbonyl (C=O) groups is 1. The fourth-order valence-electron chi connectivity index (χ4n) is 4.55. The van der Waals surface area contributed by atoms with Crippen molar-refractivity contribution in [2.45, 2.75) is 57.4 Å². The molecular weight excluding hydrogens is 290 g/mol. The number of aliphatic hydroxyl groups is 1. The van der Waals surface area contributed by atoms with Crippen LogP contribution >= 0.6 is 0 Å². The van der Waals surface area contributed by atoms with Crippen molar-refractivity contribution >= 4 is 6.03 Å². The van der Waals surface area contributed by atoms with Crippen LogP contribution < -0.4 is 5.32 Å². The molecule has 5 heteroatoms. The number of rotatable bonds is 5. The number of carbonyl (C=O) groups excluding carboxylic acids is 1. The van der Waals surface area contributed by atoms with E-state index in [4.69, 9.17) is 0 Å². The molecule has 0 bridgehead atoms. The zero-order valence-electron chi connectivity index (χ0n) is 14.4. The molecule has 2 atom stereocenters. The van der Waals surface area contributed by atoms with E-state index in [-0.39, 0.29) is 18.6 Å². The van der Waals surface area contributed by atoms with E-state index in [0.717, 1.165) is 25.4 Å². The summed E-state index contributed by atoms with van der Waals surface area (Å²) in [6, 6.07) is 0.586. The summed E-state index contributed by atoms with van der Waals surface area (Å²) in [5.41, 5.74) is 0. The van der Waals surface area contributed by atoms with Gasteiger partial charge in [-0.2, -0.15) is 0 Å². The van der Waals surface area contributed by atoms with E-state index in [1.165, 1.54) is 58.0 Å². The summed E-state index contributed by atoms with van der Waals surface area (Å²) in [6.45, 7) is 4.91. The number of hydrogen-bond donors (Lipinski definition) is 2. The average molecular weight is 323 g/mol. The van der Waals surface area contributed by atoms with Crippen LogP contribution in [-0.2, 0) is 0 Å². The molecule has 5 nitrogen and oxygen atoms in total. The van der Waals surface area contributed by atoms with Crippen LogP contribution in [0.25, 0.3) is 0 Å².